The van der Waals surface area contributed by atoms with Gasteiger partial charge in [-0.3, -0.25) is 0 Å². The van der Waals surface area contributed by atoms with E-state index in [-0.39, 0.29) is 6.10 Å². The number of nitrogens with zero attached hydrogens (tertiary/aromatic N) is 2. The van der Waals surface area contributed by atoms with Crippen molar-refractivity contribution in [3.05, 3.63) is 6.20 Å². The van der Waals surface area contributed by atoms with Crippen molar-refractivity contribution in [3.63, 3.8) is 0 Å². The van der Waals surface area contributed by atoms with Crippen LogP contribution >= 0.6 is 0 Å². The fourth-order valence-electron chi connectivity index (χ4n) is 2.34. The molecule has 1 unspecified atom stereocenters. The number of anilines is 3. The normalized spacial score (nSPS) is 16.4. The van der Waals surface area contributed by atoms with Gasteiger partial charge in [0.2, 0.25) is 5.95 Å². The first-order chi connectivity index (χ1) is 10.0. The smallest absolute Gasteiger partial charge is 0.404 e. The summed E-state index contributed by atoms with van der Waals surface area (Å²) in [6.07, 6.45) is 5.14. The molecule has 1 atom stereocenters. The van der Waals surface area contributed by atoms with Crippen molar-refractivity contribution in [2.24, 2.45) is 5.73 Å². The van der Waals surface area contributed by atoms with Gasteiger partial charge in [0.25, 0.3) is 0 Å². The summed E-state index contributed by atoms with van der Waals surface area (Å²) in [6, 6.07) is 0.429. The molecule has 1 aromatic rings. The minimum Gasteiger partial charge on any atom is -0.445 e. The standard InChI is InChI=1S/C13H22N6O2/c1-8(21-12(15)20)6-16-11-10(14)7-17-13(19-11)18-9-4-2-3-5-9/h7-9H,2-6,14H2,1H3,(H2,15,20)(H2,16,17,18,19). The summed E-state index contributed by atoms with van der Waals surface area (Å²) >= 11 is 0. The molecule has 0 bridgehead atoms. The fraction of sp³-hybridized carbons (Fsp3) is 0.615. The highest BCUT2D eigenvalue weighted by Crippen LogP contribution is 2.22. The molecule has 1 fully saturated rings. The Morgan fingerprint density at radius 1 is 1.52 bits per heavy atom. The van der Waals surface area contributed by atoms with Gasteiger partial charge in [0, 0.05) is 6.04 Å². The first-order valence-electron chi connectivity index (χ1n) is 7.13. The van der Waals surface area contributed by atoms with Gasteiger partial charge in [-0.1, -0.05) is 12.8 Å². The van der Waals surface area contributed by atoms with E-state index in [0.29, 0.717) is 30.0 Å². The molecular weight excluding hydrogens is 272 g/mol. The average Bonchev–Trinajstić information content (AvgIpc) is 2.91. The molecule has 8 heteroatoms. The summed E-state index contributed by atoms with van der Waals surface area (Å²) in [6.45, 7) is 2.10. The molecule has 1 saturated carbocycles. The monoisotopic (exact) mass is 294 g/mol. The maximum absolute atomic E-state index is 10.6. The number of ether oxygens (including phenoxy) is 1. The summed E-state index contributed by atoms with van der Waals surface area (Å²) in [5, 5.41) is 6.34. The Labute approximate surface area is 123 Å². The maximum Gasteiger partial charge on any atom is 0.404 e. The van der Waals surface area contributed by atoms with Crippen LogP contribution in [0.3, 0.4) is 0 Å². The molecule has 0 aliphatic heterocycles. The third kappa shape index (κ3) is 4.66. The van der Waals surface area contributed by atoms with Crippen molar-refractivity contribution in [1.29, 1.82) is 0 Å². The van der Waals surface area contributed by atoms with Crippen molar-refractivity contribution < 1.29 is 9.53 Å². The van der Waals surface area contributed by atoms with Crippen molar-refractivity contribution >= 4 is 23.5 Å². The summed E-state index contributed by atoms with van der Waals surface area (Å²) in [5.74, 6) is 1.08. The number of nitrogens with two attached hydrogens (primary N) is 2. The number of nitrogen functional groups attached to an aromatic ring is 1. The number of primary amides is 1. The second kappa shape index (κ2) is 6.96. The van der Waals surface area contributed by atoms with Gasteiger partial charge in [-0.15, -0.1) is 0 Å². The van der Waals surface area contributed by atoms with E-state index in [0.717, 1.165) is 12.8 Å². The Hall–Kier alpha value is -2.25. The predicted molar refractivity (Wildman–Crippen MR) is 80.9 cm³/mol. The van der Waals surface area contributed by atoms with Crippen LogP contribution in [-0.2, 0) is 4.74 Å². The number of nitrogens with one attached hydrogen (secondary N) is 2. The number of amides is 1. The molecule has 1 aliphatic carbocycles. The lowest BCUT2D eigenvalue weighted by Crippen LogP contribution is -2.27. The second-order valence-corrected chi connectivity index (χ2v) is 5.25. The molecule has 6 N–H and O–H groups in total. The summed E-state index contributed by atoms with van der Waals surface area (Å²) < 4.78 is 4.83. The van der Waals surface area contributed by atoms with Crippen LogP contribution in [0.2, 0.25) is 0 Å². The van der Waals surface area contributed by atoms with Gasteiger partial charge in [0.1, 0.15) is 6.10 Å². The topological polar surface area (TPSA) is 128 Å². The molecule has 116 valence electrons. The van der Waals surface area contributed by atoms with Gasteiger partial charge in [0.15, 0.2) is 5.82 Å². The third-order valence-corrected chi connectivity index (χ3v) is 3.38. The lowest BCUT2D eigenvalue weighted by molar-refractivity contribution is 0.122. The van der Waals surface area contributed by atoms with Gasteiger partial charge in [-0.2, -0.15) is 4.98 Å². The maximum atomic E-state index is 10.6. The molecule has 0 radical (unpaired) electrons. The van der Waals surface area contributed by atoms with E-state index in [4.69, 9.17) is 16.2 Å². The van der Waals surface area contributed by atoms with Crippen LogP contribution in [-0.4, -0.2) is 34.8 Å². The van der Waals surface area contributed by atoms with Crippen LogP contribution in [0.1, 0.15) is 32.6 Å². The summed E-state index contributed by atoms with van der Waals surface area (Å²) in [7, 11) is 0. The molecule has 1 aromatic heterocycles. The molecule has 0 saturated heterocycles. The number of carbonyl (C=O) groups excluding carboxylic acids is 1. The van der Waals surface area contributed by atoms with Gasteiger partial charge < -0.3 is 26.8 Å². The molecule has 0 aromatic carbocycles. The van der Waals surface area contributed by atoms with Crippen molar-refractivity contribution in [2.75, 3.05) is 22.9 Å². The fourth-order valence-corrected chi connectivity index (χ4v) is 2.34. The Bertz CT molecular complexity index is 490. The molecule has 1 amide bonds. The molecule has 8 nitrogen and oxygen atoms in total. The van der Waals surface area contributed by atoms with Gasteiger partial charge in [-0.25, -0.2) is 9.78 Å². The van der Waals surface area contributed by atoms with Crippen LogP contribution in [0.15, 0.2) is 6.20 Å². The number of rotatable bonds is 6. The Morgan fingerprint density at radius 2 is 2.24 bits per heavy atom. The minimum atomic E-state index is -0.802. The van der Waals surface area contributed by atoms with E-state index < -0.39 is 6.09 Å². The van der Waals surface area contributed by atoms with E-state index in [1.54, 1.807) is 13.1 Å². The average molecular weight is 294 g/mol. The molecule has 1 aliphatic rings. The van der Waals surface area contributed by atoms with Crippen LogP contribution in [0.5, 0.6) is 0 Å². The quantitative estimate of drug-likeness (QED) is 0.622. The number of hydrogen-bond donors (Lipinski definition) is 4. The van der Waals surface area contributed by atoms with Crippen LogP contribution in [0, 0.1) is 0 Å². The summed E-state index contributed by atoms with van der Waals surface area (Å²) in [4.78, 5) is 19.2. The Morgan fingerprint density at radius 3 is 2.90 bits per heavy atom. The van der Waals surface area contributed by atoms with E-state index in [2.05, 4.69) is 20.6 Å². The van der Waals surface area contributed by atoms with E-state index in [1.165, 1.54) is 12.8 Å². The zero-order chi connectivity index (χ0) is 15.2. The van der Waals surface area contributed by atoms with Crippen molar-refractivity contribution in [3.8, 4) is 0 Å². The minimum absolute atomic E-state index is 0.368. The highest BCUT2D eigenvalue weighted by atomic mass is 16.6. The number of carbonyl (C=O) groups is 1. The van der Waals surface area contributed by atoms with Crippen LogP contribution in [0.25, 0.3) is 0 Å². The highest BCUT2D eigenvalue weighted by Gasteiger charge is 2.16. The Balaban J connectivity index is 1.93. The van der Waals surface area contributed by atoms with Crippen LogP contribution in [0.4, 0.5) is 22.2 Å². The zero-order valence-electron chi connectivity index (χ0n) is 12.1. The molecular formula is C13H22N6O2. The zero-order valence-corrected chi connectivity index (χ0v) is 12.1. The third-order valence-electron chi connectivity index (χ3n) is 3.38. The molecule has 2 rings (SSSR count). The molecule has 21 heavy (non-hydrogen) atoms. The Kier molecular flexibility index (Phi) is 5.02. The highest BCUT2D eigenvalue weighted by molar-refractivity contribution is 5.65. The van der Waals surface area contributed by atoms with Gasteiger partial charge in [-0.05, 0) is 19.8 Å². The van der Waals surface area contributed by atoms with E-state index in [1.807, 2.05) is 0 Å². The van der Waals surface area contributed by atoms with Crippen molar-refractivity contribution in [2.45, 2.75) is 44.8 Å². The first-order valence-corrected chi connectivity index (χ1v) is 7.13. The second-order valence-electron chi connectivity index (χ2n) is 5.25. The SMILES string of the molecule is CC(CNc1nc(NC2CCCC2)ncc1N)OC(N)=O. The predicted octanol–water partition coefficient (Wildman–Crippen LogP) is 1.31. The molecule has 0 spiro atoms. The van der Waals surface area contributed by atoms with Crippen LogP contribution < -0.4 is 22.1 Å². The lowest BCUT2D eigenvalue weighted by atomic mass is 10.2. The lowest BCUT2D eigenvalue weighted by Gasteiger charge is -2.16. The first kappa shape index (κ1) is 15.1. The van der Waals surface area contributed by atoms with E-state index >= 15 is 0 Å². The number of aromatic nitrogens is 2. The largest absolute Gasteiger partial charge is 0.445 e. The van der Waals surface area contributed by atoms with Gasteiger partial charge >= 0.3 is 6.09 Å². The summed E-state index contributed by atoms with van der Waals surface area (Å²) in [5.41, 5.74) is 11.2. The van der Waals surface area contributed by atoms with Crippen molar-refractivity contribution in [1.82, 2.24) is 9.97 Å². The number of hydrogen-bond acceptors (Lipinski definition) is 7. The van der Waals surface area contributed by atoms with Gasteiger partial charge in [0.05, 0.1) is 18.4 Å². The molecule has 1 heterocycles. The van der Waals surface area contributed by atoms with E-state index in [9.17, 15) is 4.79 Å².